The molecule has 3 heteroatoms. The van der Waals surface area contributed by atoms with Gasteiger partial charge in [-0.3, -0.25) is 0 Å². The standard InChI is InChI=1S/C14H21FN2/c1-2-5-13-11-17(9-8-15)14-7-4-3-6-12(14)10-16-13/h3-4,6-7,13,16H,2,5,8-11H2,1H3. The second kappa shape index (κ2) is 6.01. The molecule has 0 aliphatic carbocycles. The summed E-state index contributed by atoms with van der Waals surface area (Å²) in [6.07, 6.45) is 2.31. The fourth-order valence-corrected chi connectivity index (χ4v) is 2.51. The first-order valence-electron chi connectivity index (χ1n) is 6.47. The van der Waals surface area contributed by atoms with Crippen molar-refractivity contribution in [1.29, 1.82) is 0 Å². The maximum Gasteiger partial charge on any atom is 0.107 e. The van der Waals surface area contributed by atoms with Crippen molar-refractivity contribution in [1.82, 2.24) is 5.32 Å². The van der Waals surface area contributed by atoms with E-state index >= 15 is 0 Å². The Labute approximate surface area is 103 Å². The third kappa shape index (κ3) is 2.97. The molecule has 1 atom stereocenters. The zero-order valence-corrected chi connectivity index (χ0v) is 10.5. The van der Waals surface area contributed by atoms with Gasteiger partial charge in [0.25, 0.3) is 0 Å². The normalized spacial score (nSPS) is 19.9. The van der Waals surface area contributed by atoms with Crippen LogP contribution in [0.3, 0.4) is 0 Å². The van der Waals surface area contributed by atoms with Gasteiger partial charge in [-0.15, -0.1) is 0 Å². The Kier molecular flexibility index (Phi) is 4.37. The van der Waals surface area contributed by atoms with Gasteiger partial charge in [0.05, 0.1) is 0 Å². The fraction of sp³-hybridized carbons (Fsp3) is 0.571. The van der Waals surface area contributed by atoms with Gasteiger partial charge in [0, 0.05) is 31.4 Å². The maximum absolute atomic E-state index is 12.7. The molecule has 0 bridgehead atoms. The first-order chi connectivity index (χ1) is 8.35. The van der Waals surface area contributed by atoms with Gasteiger partial charge in [-0.05, 0) is 18.1 Å². The smallest absolute Gasteiger partial charge is 0.107 e. The van der Waals surface area contributed by atoms with Crippen molar-refractivity contribution in [2.24, 2.45) is 0 Å². The van der Waals surface area contributed by atoms with E-state index in [0.717, 1.165) is 25.9 Å². The topological polar surface area (TPSA) is 15.3 Å². The van der Waals surface area contributed by atoms with Crippen LogP contribution in [0.15, 0.2) is 24.3 Å². The number of hydrogen-bond donors (Lipinski definition) is 1. The molecule has 0 radical (unpaired) electrons. The summed E-state index contributed by atoms with van der Waals surface area (Å²) in [5.41, 5.74) is 2.47. The van der Waals surface area contributed by atoms with E-state index in [2.05, 4.69) is 29.3 Å². The Morgan fingerprint density at radius 2 is 2.24 bits per heavy atom. The highest BCUT2D eigenvalue weighted by Crippen LogP contribution is 2.23. The first kappa shape index (κ1) is 12.4. The molecule has 0 saturated heterocycles. The fourth-order valence-electron chi connectivity index (χ4n) is 2.51. The summed E-state index contributed by atoms with van der Waals surface area (Å²) in [4.78, 5) is 2.18. The highest BCUT2D eigenvalue weighted by Gasteiger charge is 2.20. The van der Waals surface area contributed by atoms with Crippen LogP contribution in [-0.2, 0) is 6.54 Å². The van der Waals surface area contributed by atoms with Crippen molar-refractivity contribution in [2.45, 2.75) is 32.4 Å². The molecule has 2 nitrogen and oxygen atoms in total. The predicted octanol–water partition coefficient (Wildman–Crippen LogP) is 2.73. The number of alkyl halides is 1. The largest absolute Gasteiger partial charge is 0.367 e. The number of anilines is 1. The van der Waals surface area contributed by atoms with Gasteiger partial charge >= 0.3 is 0 Å². The minimum Gasteiger partial charge on any atom is -0.367 e. The molecule has 0 saturated carbocycles. The summed E-state index contributed by atoms with van der Waals surface area (Å²) >= 11 is 0. The van der Waals surface area contributed by atoms with Crippen LogP contribution < -0.4 is 10.2 Å². The number of fused-ring (bicyclic) bond motifs is 1. The quantitative estimate of drug-likeness (QED) is 0.864. The number of benzene rings is 1. The molecular formula is C14H21FN2. The van der Waals surface area contributed by atoms with Crippen molar-refractivity contribution in [2.75, 3.05) is 24.7 Å². The summed E-state index contributed by atoms with van der Waals surface area (Å²) in [7, 11) is 0. The summed E-state index contributed by atoms with van der Waals surface area (Å²) in [6.45, 7) is 4.21. The molecule has 0 amide bonds. The van der Waals surface area contributed by atoms with E-state index in [4.69, 9.17) is 0 Å². The monoisotopic (exact) mass is 236 g/mol. The van der Waals surface area contributed by atoms with E-state index in [1.807, 2.05) is 12.1 Å². The van der Waals surface area contributed by atoms with Crippen LogP contribution in [0.5, 0.6) is 0 Å². The number of rotatable bonds is 4. The number of halogens is 1. The highest BCUT2D eigenvalue weighted by molar-refractivity contribution is 5.54. The van der Waals surface area contributed by atoms with Crippen molar-refractivity contribution < 1.29 is 4.39 Å². The lowest BCUT2D eigenvalue weighted by atomic mass is 10.1. The lowest BCUT2D eigenvalue weighted by molar-refractivity contribution is 0.453. The first-order valence-corrected chi connectivity index (χ1v) is 6.47. The summed E-state index contributed by atoms with van der Waals surface area (Å²) in [5.74, 6) is 0. The molecule has 1 aromatic rings. The van der Waals surface area contributed by atoms with Crippen molar-refractivity contribution in [3.8, 4) is 0 Å². The number of nitrogens with one attached hydrogen (secondary N) is 1. The number of para-hydroxylation sites is 1. The van der Waals surface area contributed by atoms with Crippen LogP contribution in [0, 0.1) is 0 Å². The lowest BCUT2D eigenvalue weighted by Gasteiger charge is -2.26. The van der Waals surface area contributed by atoms with Crippen LogP contribution >= 0.6 is 0 Å². The number of hydrogen-bond acceptors (Lipinski definition) is 2. The van der Waals surface area contributed by atoms with Crippen LogP contribution in [-0.4, -0.2) is 25.8 Å². The molecule has 1 heterocycles. The lowest BCUT2D eigenvalue weighted by Crippen LogP contribution is -2.39. The molecule has 0 fully saturated rings. The Morgan fingerprint density at radius 1 is 1.41 bits per heavy atom. The minimum absolute atomic E-state index is 0.285. The summed E-state index contributed by atoms with van der Waals surface area (Å²) in [6, 6.07) is 8.78. The number of nitrogens with zero attached hydrogens (tertiary/aromatic N) is 1. The van der Waals surface area contributed by atoms with Gasteiger partial charge in [0.1, 0.15) is 6.67 Å². The zero-order chi connectivity index (χ0) is 12.1. The van der Waals surface area contributed by atoms with E-state index < -0.39 is 0 Å². The minimum atomic E-state index is -0.285. The molecule has 2 rings (SSSR count). The molecule has 1 aliphatic rings. The average molecular weight is 236 g/mol. The molecule has 0 spiro atoms. The summed E-state index contributed by atoms with van der Waals surface area (Å²) < 4.78 is 12.7. The molecule has 94 valence electrons. The molecule has 17 heavy (non-hydrogen) atoms. The molecular weight excluding hydrogens is 215 g/mol. The third-order valence-corrected chi connectivity index (χ3v) is 3.35. The van der Waals surface area contributed by atoms with Crippen molar-refractivity contribution in [3.05, 3.63) is 29.8 Å². The molecule has 1 aliphatic heterocycles. The molecule has 1 N–H and O–H groups in total. The SMILES string of the molecule is CCCC1CN(CCF)c2ccccc2CN1. The average Bonchev–Trinajstić information content (AvgIpc) is 2.52. The third-order valence-electron chi connectivity index (χ3n) is 3.35. The zero-order valence-electron chi connectivity index (χ0n) is 10.5. The van der Waals surface area contributed by atoms with Gasteiger partial charge < -0.3 is 10.2 Å². The molecule has 0 aromatic heterocycles. The van der Waals surface area contributed by atoms with Crippen molar-refractivity contribution in [3.63, 3.8) is 0 Å². The Hall–Kier alpha value is -1.09. The Morgan fingerprint density at radius 3 is 3.00 bits per heavy atom. The van der Waals surface area contributed by atoms with E-state index in [1.165, 1.54) is 11.3 Å². The van der Waals surface area contributed by atoms with E-state index in [0.29, 0.717) is 12.6 Å². The van der Waals surface area contributed by atoms with Gasteiger partial charge in [-0.1, -0.05) is 31.5 Å². The second-order valence-electron chi connectivity index (χ2n) is 4.63. The van der Waals surface area contributed by atoms with Crippen molar-refractivity contribution >= 4 is 5.69 Å². The Bertz CT molecular complexity index is 354. The predicted molar refractivity (Wildman–Crippen MR) is 70.2 cm³/mol. The van der Waals surface area contributed by atoms with Crippen LogP contribution in [0.25, 0.3) is 0 Å². The highest BCUT2D eigenvalue weighted by atomic mass is 19.1. The van der Waals surface area contributed by atoms with Crippen LogP contribution in [0.1, 0.15) is 25.3 Å². The van der Waals surface area contributed by atoms with Gasteiger partial charge in [0.15, 0.2) is 0 Å². The second-order valence-corrected chi connectivity index (χ2v) is 4.63. The molecule has 1 unspecified atom stereocenters. The molecule has 1 aromatic carbocycles. The van der Waals surface area contributed by atoms with E-state index in [9.17, 15) is 4.39 Å². The van der Waals surface area contributed by atoms with E-state index in [-0.39, 0.29) is 6.67 Å². The van der Waals surface area contributed by atoms with Crippen LogP contribution in [0.2, 0.25) is 0 Å². The Balaban J connectivity index is 2.19. The summed E-state index contributed by atoms with van der Waals surface area (Å²) in [5, 5.41) is 3.56. The van der Waals surface area contributed by atoms with Gasteiger partial charge in [-0.2, -0.15) is 0 Å². The van der Waals surface area contributed by atoms with Crippen LogP contribution in [0.4, 0.5) is 10.1 Å². The maximum atomic E-state index is 12.7. The van der Waals surface area contributed by atoms with Gasteiger partial charge in [0.2, 0.25) is 0 Å². The van der Waals surface area contributed by atoms with Gasteiger partial charge in [-0.25, -0.2) is 4.39 Å². The van der Waals surface area contributed by atoms with E-state index in [1.54, 1.807) is 0 Å².